The van der Waals surface area contributed by atoms with Gasteiger partial charge in [0.2, 0.25) is 0 Å². The topological polar surface area (TPSA) is 38.7 Å². The molecule has 1 aromatic rings. The number of hydrogen-bond donors (Lipinski definition) is 1. The first-order valence-corrected chi connectivity index (χ1v) is 4.90. The molecule has 0 spiro atoms. The summed E-state index contributed by atoms with van der Waals surface area (Å²) in [5, 5.41) is 8.66. The van der Waals surface area contributed by atoms with E-state index in [-0.39, 0.29) is 6.61 Å². The maximum absolute atomic E-state index is 8.66. The summed E-state index contributed by atoms with van der Waals surface area (Å²) in [5.41, 5.74) is 0.980. The number of benzene rings is 1. The van der Waals surface area contributed by atoms with Gasteiger partial charge in [-0.15, -0.1) is 0 Å². The van der Waals surface area contributed by atoms with E-state index in [1.54, 1.807) is 13.2 Å². The highest BCUT2D eigenvalue weighted by Crippen LogP contribution is 2.28. The zero-order valence-corrected chi connectivity index (χ0v) is 9.06. The van der Waals surface area contributed by atoms with Crippen molar-refractivity contribution in [2.45, 2.75) is 6.92 Å². The minimum absolute atomic E-state index is 0.0377. The van der Waals surface area contributed by atoms with Gasteiger partial charge in [-0.05, 0) is 24.6 Å². The highest BCUT2D eigenvalue weighted by atomic mass is 16.5. The molecule has 15 heavy (non-hydrogen) atoms. The highest BCUT2D eigenvalue weighted by Gasteiger charge is 2.03. The molecule has 0 fully saturated rings. The van der Waals surface area contributed by atoms with E-state index in [1.165, 1.54) is 0 Å². The van der Waals surface area contributed by atoms with Crippen molar-refractivity contribution in [2.24, 2.45) is 0 Å². The molecule has 0 aliphatic rings. The summed E-state index contributed by atoms with van der Waals surface area (Å²) in [5.74, 6) is 1.44. The number of rotatable bonds is 5. The van der Waals surface area contributed by atoms with Crippen LogP contribution in [0.3, 0.4) is 0 Å². The van der Waals surface area contributed by atoms with Crippen LogP contribution in [0.1, 0.15) is 12.5 Å². The fourth-order valence-corrected chi connectivity index (χ4v) is 1.25. The Morgan fingerprint density at radius 2 is 2.13 bits per heavy atom. The maximum atomic E-state index is 8.66. The minimum Gasteiger partial charge on any atom is -0.493 e. The van der Waals surface area contributed by atoms with Crippen molar-refractivity contribution < 1.29 is 14.6 Å². The van der Waals surface area contributed by atoms with Crippen LogP contribution in [0, 0.1) is 0 Å². The molecular formula is C12H16O3. The van der Waals surface area contributed by atoms with Gasteiger partial charge in [-0.1, -0.05) is 18.2 Å². The third-order valence-electron chi connectivity index (χ3n) is 1.90. The molecule has 0 bridgehead atoms. The van der Waals surface area contributed by atoms with Crippen LogP contribution in [-0.2, 0) is 0 Å². The molecule has 0 saturated heterocycles. The number of methoxy groups -OCH3 is 1. The molecule has 0 atom stereocenters. The lowest BCUT2D eigenvalue weighted by molar-refractivity contribution is 0.311. The first-order chi connectivity index (χ1) is 7.31. The lowest BCUT2D eigenvalue weighted by atomic mass is 10.2. The Kier molecular flexibility index (Phi) is 4.71. The average Bonchev–Trinajstić information content (AvgIpc) is 2.27. The SMILES string of the molecule is CCOc1cc(/C=C/CO)ccc1OC. The van der Waals surface area contributed by atoms with Gasteiger partial charge in [0.15, 0.2) is 11.5 Å². The summed E-state index contributed by atoms with van der Waals surface area (Å²) in [4.78, 5) is 0. The van der Waals surface area contributed by atoms with Gasteiger partial charge < -0.3 is 14.6 Å². The molecule has 1 rings (SSSR count). The molecule has 0 radical (unpaired) electrons. The van der Waals surface area contributed by atoms with Gasteiger partial charge in [-0.3, -0.25) is 0 Å². The van der Waals surface area contributed by atoms with E-state index in [2.05, 4.69) is 0 Å². The van der Waals surface area contributed by atoms with E-state index in [0.717, 1.165) is 17.1 Å². The number of ether oxygens (including phenoxy) is 2. The Hall–Kier alpha value is -1.48. The first-order valence-electron chi connectivity index (χ1n) is 4.90. The molecule has 3 nitrogen and oxygen atoms in total. The van der Waals surface area contributed by atoms with Gasteiger partial charge in [-0.2, -0.15) is 0 Å². The van der Waals surface area contributed by atoms with Crippen LogP contribution in [0.5, 0.6) is 11.5 Å². The van der Waals surface area contributed by atoms with Gasteiger partial charge in [0.25, 0.3) is 0 Å². The third-order valence-corrected chi connectivity index (χ3v) is 1.90. The molecule has 82 valence electrons. The van der Waals surface area contributed by atoms with E-state index >= 15 is 0 Å². The van der Waals surface area contributed by atoms with E-state index in [0.29, 0.717) is 6.61 Å². The van der Waals surface area contributed by atoms with Crippen molar-refractivity contribution in [1.82, 2.24) is 0 Å². The predicted molar refractivity (Wildman–Crippen MR) is 60.3 cm³/mol. The molecule has 0 aliphatic carbocycles. The third kappa shape index (κ3) is 3.29. The molecule has 3 heteroatoms. The van der Waals surface area contributed by atoms with Gasteiger partial charge in [0.1, 0.15) is 0 Å². The fourth-order valence-electron chi connectivity index (χ4n) is 1.25. The number of aliphatic hydroxyl groups excluding tert-OH is 1. The van der Waals surface area contributed by atoms with Crippen LogP contribution in [-0.4, -0.2) is 25.4 Å². The second kappa shape index (κ2) is 6.09. The average molecular weight is 208 g/mol. The molecule has 0 unspecified atom stereocenters. The molecular weight excluding hydrogens is 192 g/mol. The maximum Gasteiger partial charge on any atom is 0.161 e. The number of hydrogen-bond acceptors (Lipinski definition) is 3. The largest absolute Gasteiger partial charge is 0.493 e. The smallest absolute Gasteiger partial charge is 0.161 e. The van der Waals surface area contributed by atoms with E-state index in [1.807, 2.05) is 31.2 Å². The molecule has 1 aromatic carbocycles. The summed E-state index contributed by atoms with van der Waals surface area (Å²) < 4.78 is 10.6. The van der Waals surface area contributed by atoms with Crippen molar-refractivity contribution in [2.75, 3.05) is 20.3 Å². The van der Waals surface area contributed by atoms with Crippen LogP contribution in [0.2, 0.25) is 0 Å². The Morgan fingerprint density at radius 3 is 2.73 bits per heavy atom. The minimum atomic E-state index is 0.0377. The molecule has 0 aromatic heterocycles. The second-order valence-electron chi connectivity index (χ2n) is 2.93. The van der Waals surface area contributed by atoms with Crippen LogP contribution in [0.15, 0.2) is 24.3 Å². The van der Waals surface area contributed by atoms with Crippen LogP contribution in [0.25, 0.3) is 6.08 Å². The van der Waals surface area contributed by atoms with Crippen molar-refractivity contribution in [3.8, 4) is 11.5 Å². The predicted octanol–water partition coefficient (Wildman–Crippen LogP) is 2.10. The Labute approximate surface area is 90.0 Å². The lowest BCUT2D eigenvalue weighted by Gasteiger charge is -2.09. The second-order valence-corrected chi connectivity index (χ2v) is 2.93. The summed E-state index contributed by atoms with van der Waals surface area (Å²) in [7, 11) is 1.61. The number of aliphatic hydroxyl groups is 1. The Morgan fingerprint density at radius 1 is 1.33 bits per heavy atom. The Bertz CT molecular complexity index is 332. The van der Waals surface area contributed by atoms with Crippen molar-refractivity contribution in [3.05, 3.63) is 29.8 Å². The first kappa shape index (κ1) is 11.6. The summed E-state index contributed by atoms with van der Waals surface area (Å²) in [6.07, 6.45) is 3.51. The molecule has 0 saturated carbocycles. The van der Waals surface area contributed by atoms with Crippen LogP contribution < -0.4 is 9.47 Å². The van der Waals surface area contributed by atoms with Gasteiger partial charge >= 0.3 is 0 Å². The summed E-state index contributed by atoms with van der Waals surface area (Å²) in [6, 6.07) is 5.64. The van der Waals surface area contributed by atoms with E-state index < -0.39 is 0 Å². The van der Waals surface area contributed by atoms with Gasteiger partial charge in [0, 0.05) is 0 Å². The Balaban J connectivity index is 2.93. The van der Waals surface area contributed by atoms with E-state index in [4.69, 9.17) is 14.6 Å². The molecule has 0 heterocycles. The molecule has 1 N–H and O–H groups in total. The normalized spacial score (nSPS) is 10.6. The fraction of sp³-hybridized carbons (Fsp3) is 0.333. The molecule has 0 aliphatic heterocycles. The quantitative estimate of drug-likeness (QED) is 0.805. The summed E-state index contributed by atoms with van der Waals surface area (Å²) in [6.45, 7) is 2.56. The zero-order valence-electron chi connectivity index (χ0n) is 9.06. The van der Waals surface area contributed by atoms with Crippen molar-refractivity contribution in [3.63, 3.8) is 0 Å². The monoisotopic (exact) mass is 208 g/mol. The van der Waals surface area contributed by atoms with Crippen molar-refractivity contribution in [1.29, 1.82) is 0 Å². The van der Waals surface area contributed by atoms with Crippen molar-refractivity contribution >= 4 is 6.08 Å². The zero-order chi connectivity index (χ0) is 11.1. The lowest BCUT2D eigenvalue weighted by Crippen LogP contribution is -1.95. The van der Waals surface area contributed by atoms with Gasteiger partial charge in [0.05, 0.1) is 20.3 Å². The summed E-state index contributed by atoms with van der Waals surface area (Å²) >= 11 is 0. The van der Waals surface area contributed by atoms with E-state index in [9.17, 15) is 0 Å². The standard InChI is InChI=1S/C12H16O3/c1-3-15-12-9-10(5-4-8-13)6-7-11(12)14-2/h4-7,9,13H,3,8H2,1-2H3/b5-4+. The van der Waals surface area contributed by atoms with Gasteiger partial charge in [-0.25, -0.2) is 0 Å². The molecule has 0 amide bonds. The van der Waals surface area contributed by atoms with Crippen LogP contribution in [0.4, 0.5) is 0 Å². The highest BCUT2D eigenvalue weighted by molar-refractivity contribution is 5.55. The van der Waals surface area contributed by atoms with Crippen LogP contribution >= 0.6 is 0 Å².